The van der Waals surface area contributed by atoms with E-state index in [1.165, 1.54) is 11.8 Å². The van der Waals surface area contributed by atoms with Crippen LogP contribution in [0.5, 0.6) is 11.5 Å². The summed E-state index contributed by atoms with van der Waals surface area (Å²) in [7, 11) is 3.18. The lowest BCUT2D eigenvalue weighted by Crippen LogP contribution is -2.30. The number of carbonyl (C=O) groups excluding carboxylic acids is 2. The van der Waals surface area contributed by atoms with Gasteiger partial charge in [-0.25, -0.2) is 4.79 Å². The van der Waals surface area contributed by atoms with Gasteiger partial charge < -0.3 is 18.6 Å². The van der Waals surface area contributed by atoms with E-state index in [9.17, 15) is 9.59 Å². The highest BCUT2D eigenvalue weighted by Gasteiger charge is 2.32. The second-order valence-electron chi connectivity index (χ2n) is 7.77. The first-order chi connectivity index (χ1) is 17.4. The summed E-state index contributed by atoms with van der Waals surface area (Å²) in [6, 6.07) is 16.3. The van der Waals surface area contributed by atoms with Crippen LogP contribution in [0, 0.1) is 0 Å². The van der Waals surface area contributed by atoms with Gasteiger partial charge in [-0.15, -0.1) is 0 Å². The molecule has 4 rings (SSSR count). The van der Waals surface area contributed by atoms with Gasteiger partial charge in [0, 0.05) is 18.2 Å². The summed E-state index contributed by atoms with van der Waals surface area (Å²) in [4.78, 5) is 27.0. The molecule has 2 aromatic carbocycles. The average molecular weight is 524 g/mol. The Labute approximate surface area is 219 Å². The maximum atomic E-state index is 13.0. The number of ether oxygens (including phenoxy) is 3. The van der Waals surface area contributed by atoms with Crippen LogP contribution in [0.1, 0.15) is 28.6 Å². The van der Waals surface area contributed by atoms with Crippen molar-refractivity contribution in [3.63, 3.8) is 0 Å². The number of furan rings is 1. The predicted octanol–water partition coefficient (Wildman–Crippen LogP) is 5.58. The molecule has 1 fully saturated rings. The second kappa shape index (κ2) is 11.5. The van der Waals surface area contributed by atoms with Gasteiger partial charge in [0.15, 0.2) is 11.5 Å². The molecule has 1 aliphatic heterocycles. The molecule has 1 aromatic heterocycles. The number of hydrogen-bond acceptors (Lipinski definition) is 8. The van der Waals surface area contributed by atoms with Gasteiger partial charge in [-0.1, -0.05) is 42.2 Å². The van der Waals surface area contributed by atoms with E-state index >= 15 is 0 Å². The van der Waals surface area contributed by atoms with Crippen LogP contribution < -0.4 is 9.47 Å². The number of nitrogens with zero attached hydrogens (tertiary/aromatic N) is 1. The monoisotopic (exact) mass is 523 g/mol. The molecule has 3 aromatic rings. The third kappa shape index (κ3) is 5.63. The number of benzene rings is 2. The minimum atomic E-state index is -0.364. The Balaban J connectivity index is 1.42. The normalized spacial score (nSPS) is 14.4. The zero-order valence-corrected chi connectivity index (χ0v) is 21.7. The molecule has 186 valence electrons. The van der Waals surface area contributed by atoms with E-state index in [2.05, 4.69) is 0 Å². The number of carbonyl (C=O) groups is 2. The number of rotatable bonds is 9. The Morgan fingerprint density at radius 3 is 2.50 bits per heavy atom. The van der Waals surface area contributed by atoms with Crippen LogP contribution >= 0.6 is 24.0 Å². The number of amides is 1. The third-order valence-corrected chi connectivity index (χ3v) is 6.90. The van der Waals surface area contributed by atoms with Gasteiger partial charge in [0.25, 0.3) is 5.91 Å². The fourth-order valence-electron chi connectivity index (χ4n) is 3.67. The molecule has 0 atom stereocenters. The fraction of sp³-hybridized carbons (Fsp3) is 0.222. The van der Waals surface area contributed by atoms with Gasteiger partial charge in [-0.2, -0.15) is 0 Å². The quantitative estimate of drug-likeness (QED) is 0.204. The maximum Gasteiger partial charge on any atom is 0.338 e. The van der Waals surface area contributed by atoms with Crippen molar-refractivity contribution in [2.24, 2.45) is 0 Å². The lowest BCUT2D eigenvalue weighted by molar-refractivity contribution is -0.122. The average Bonchev–Trinajstić information content (AvgIpc) is 3.46. The van der Waals surface area contributed by atoms with Crippen LogP contribution in [0.25, 0.3) is 17.4 Å². The summed E-state index contributed by atoms with van der Waals surface area (Å²) in [6.07, 6.45) is 2.32. The van der Waals surface area contributed by atoms with Gasteiger partial charge in [0.1, 0.15) is 15.8 Å². The predicted molar refractivity (Wildman–Crippen MR) is 143 cm³/mol. The Hall–Kier alpha value is -3.56. The van der Waals surface area contributed by atoms with Gasteiger partial charge >= 0.3 is 5.97 Å². The lowest BCUT2D eigenvalue weighted by Gasteiger charge is -2.15. The number of hydrogen-bond donors (Lipinski definition) is 0. The van der Waals surface area contributed by atoms with E-state index in [1.807, 2.05) is 24.3 Å². The number of esters is 1. The Morgan fingerprint density at radius 2 is 1.81 bits per heavy atom. The first kappa shape index (κ1) is 25.5. The highest BCUT2D eigenvalue weighted by atomic mass is 32.2. The van der Waals surface area contributed by atoms with Crippen molar-refractivity contribution in [2.45, 2.75) is 13.3 Å². The molecule has 0 aliphatic carbocycles. The maximum absolute atomic E-state index is 13.0. The lowest BCUT2D eigenvalue weighted by atomic mass is 10.1. The highest BCUT2D eigenvalue weighted by molar-refractivity contribution is 8.26. The van der Waals surface area contributed by atoms with Crippen molar-refractivity contribution < 1.29 is 28.2 Å². The van der Waals surface area contributed by atoms with Crippen molar-refractivity contribution in [2.75, 3.05) is 27.4 Å². The summed E-state index contributed by atoms with van der Waals surface area (Å²) in [5.74, 6) is 1.95. The highest BCUT2D eigenvalue weighted by Crippen LogP contribution is 2.34. The number of methoxy groups -OCH3 is 2. The van der Waals surface area contributed by atoms with E-state index in [1.54, 1.807) is 62.5 Å². The Bertz CT molecular complexity index is 1310. The van der Waals surface area contributed by atoms with Crippen LogP contribution in [0.2, 0.25) is 0 Å². The molecule has 0 unspecified atom stereocenters. The van der Waals surface area contributed by atoms with Crippen LogP contribution in [-0.4, -0.2) is 48.5 Å². The first-order valence-corrected chi connectivity index (χ1v) is 12.5. The van der Waals surface area contributed by atoms with E-state index in [0.717, 1.165) is 11.1 Å². The van der Waals surface area contributed by atoms with Crippen molar-refractivity contribution >= 4 is 46.3 Å². The van der Waals surface area contributed by atoms with E-state index < -0.39 is 0 Å². The third-order valence-electron chi connectivity index (χ3n) is 5.53. The molecule has 2 heterocycles. The summed E-state index contributed by atoms with van der Waals surface area (Å²) in [6.45, 7) is 2.54. The molecule has 1 amide bonds. The molecule has 0 saturated carbocycles. The SMILES string of the molecule is CCOC(=O)c1ccc(-c2ccc(C=C3SC(=S)N(CCc4ccc(OC)c(OC)c4)C3=O)o2)cc1. The molecule has 7 nitrogen and oxygen atoms in total. The standard InChI is InChI=1S/C27H25NO6S2/c1-4-33-26(30)19-8-6-18(7-9-19)21-12-10-20(34-21)16-24-25(29)28(27(35)36-24)14-13-17-5-11-22(31-2)23(15-17)32-3/h5-12,15-16H,4,13-14H2,1-3H3. The molecule has 0 N–H and O–H groups in total. The molecular weight excluding hydrogens is 498 g/mol. The fourth-order valence-corrected chi connectivity index (χ4v) is 4.96. The molecule has 0 bridgehead atoms. The zero-order chi connectivity index (χ0) is 25.7. The molecule has 1 saturated heterocycles. The summed E-state index contributed by atoms with van der Waals surface area (Å²) in [5.41, 5.74) is 2.30. The number of thiocarbonyl (C=S) groups is 1. The van der Waals surface area contributed by atoms with Crippen LogP contribution in [0.4, 0.5) is 0 Å². The molecule has 36 heavy (non-hydrogen) atoms. The Morgan fingerprint density at radius 1 is 1.06 bits per heavy atom. The van der Waals surface area contributed by atoms with E-state index in [0.29, 0.717) is 57.4 Å². The largest absolute Gasteiger partial charge is 0.493 e. The topological polar surface area (TPSA) is 78.2 Å². The molecule has 0 radical (unpaired) electrons. The zero-order valence-electron chi connectivity index (χ0n) is 20.1. The molecule has 1 aliphatic rings. The van der Waals surface area contributed by atoms with Crippen LogP contribution in [-0.2, 0) is 16.0 Å². The van der Waals surface area contributed by atoms with Crippen LogP contribution in [0.3, 0.4) is 0 Å². The van der Waals surface area contributed by atoms with E-state index in [-0.39, 0.29) is 11.9 Å². The van der Waals surface area contributed by atoms with Crippen molar-refractivity contribution in [3.8, 4) is 22.8 Å². The Kier molecular flexibility index (Phi) is 8.12. The summed E-state index contributed by atoms with van der Waals surface area (Å²) < 4.78 is 22.1. The van der Waals surface area contributed by atoms with Crippen molar-refractivity contribution in [1.82, 2.24) is 4.90 Å². The van der Waals surface area contributed by atoms with Gasteiger partial charge in [-0.3, -0.25) is 9.69 Å². The van der Waals surface area contributed by atoms with Gasteiger partial charge in [0.2, 0.25) is 0 Å². The molecule has 0 spiro atoms. The van der Waals surface area contributed by atoms with Crippen LogP contribution in [0.15, 0.2) is 63.9 Å². The second-order valence-corrected chi connectivity index (χ2v) is 9.45. The minimum absolute atomic E-state index is 0.151. The van der Waals surface area contributed by atoms with E-state index in [4.69, 9.17) is 30.8 Å². The number of thioether (sulfide) groups is 1. The van der Waals surface area contributed by atoms with Gasteiger partial charge in [-0.05, 0) is 55.3 Å². The first-order valence-electron chi connectivity index (χ1n) is 11.3. The van der Waals surface area contributed by atoms with Crippen molar-refractivity contribution in [3.05, 3.63) is 76.4 Å². The minimum Gasteiger partial charge on any atom is -0.493 e. The molecule has 9 heteroatoms. The smallest absolute Gasteiger partial charge is 0.338 e. The molecular formula is C27H25NO6S2. The van der Waals surface area contributed by atoms with Gasteiger partial charge in [0.05, 0.1) is 31.3 Å². The summed E-state index contributed by atoms with van der Waals surface area (Å²) in [5, 5.41) is 0. The summed E-state index contributed by atoms with van der Waals surface area (Å²) >= 11 is 6.72. The van der Waals surface area contributed by atoms with Crippen molar-refractivity contribution in [1.29, 1.82) is 0 Å².